The molecule has 224 valence electrons. The van der Waals surface area contributed by atoms with Gasteiger partial charge in [0.1, 0.15) is 0 Å². The van der Waals surface area contributed by atoms with E-state index >= 15 is 0 Å². The quantitative estimate of drug-likeness (QED) is 0.199. The Morgan fingerprint density at radius 3 is 1.65 bits per heavy atom. The molecule has 0 unspecified atom stereocenters. The molecule has 48 heavy (non-hydrogen) atoms. The Bertz CT molecular complexity index is 2490. The van der Waals surface area contributed by atoms with Crippen LogP contribution in [0, 0.1) is 0 Å². The van der Waals surface area contributed by atoms with Gasteiger partial charge in [-0.15, -0.1) is 0 Å². The SMILES string of the molecule is c1ccc(-c2cc(-c3ccccc3)nc(-c3cc4c5c(c3)-c3ccccc3-c3ccccc3N5c3cc5ccccc5cc3O4)n2)cc1. The van der Waals surface area contributed by atoms with Crippen molar-refractivity contribution in [2.45, 2.75) is 0 Å². The monoisotopic (exact) mass is 613 g/mol. The Kier molecular flexibility index (Phi) is 5.84. The van der Waals surface area contributed by atoms with Crippen LogP contribution in [0.4, 0.5) is 17.1 Å². The molecular formula is C44H27N3O. The van der Waals surface area contributed by atoms with Crippen LogP contribution in [0.3, 0.4) is 0 Å². The van der Waals surface area contributed by atoms with Gasteiger partial charge in [0.25, 0.3) is 0 Å². The molecule has 0 spiro atoms. The van der Waals surface area contributed by atoms with Crippen LogP contribution in [0.1, 0.15) is 0 Å². The maximum absolute atomic E-state index is 6.91. The fourth-order valence-corrected chi connectivity index (χ4v) is 7.14. The van der Waals surface area contributed by atoms with Crippen molar-refractivity contribution in [1.82, 2.24) is 9.97 Å². The predicted octanol–water partition coefficient (Wildman–Crippen LogP) is 11.9. The molecule has 0 aliphatic carbocycles. The van der Waals surface area contributed by atoms with E-state index in [1.165, 1.54) is 16.5 Å². The topological polar surface area (TPSA) is 38.2 Å². The number of aromatic nitrogens is 2. The van der Waals surface area contributed by atoms with E-state index in [1.54, 1.807) is 0 Å². The maximum Gasteiger partial charge on any atom is 0.160 e. The van der Waals surface area contributed by atoms with Crippen molar-refractivity contribution in [2.75, 3.05) is 4.90 Å². The molecule has 0 saturated heterocycles. The highest BCUT2D eigenvalue weighted by atomic mass is 16.5. The predicted molar refractivity (Wildman–Crippen MR) is 195 cm³/mol. The van der Waals surface area contributed by atoms with Gasteiger partial charge in [-0.05, 0) is 58.3 Å². The van der Waals surface area contributed by atoms with Crippen molar-refractivity contribution < 1.29 is 4.74 Å². The van der Waals surface area contributed by atoms with Crippen molar-refractivity contribution in [1.29, 1.82) is 0 Å². The Morgan fingerprint density at radius 2 is 0.958 bits per heavy atom. The highest BCUT2D eigenvalue weighted by Crippen LogP contribution is 2.60. The summed E-state index contributed by atoms with van der Waals surface area (Å²) in [4.78, 5) is 12.7. The van der Waals surface area contributed by atoms with Gasteiger partial charge in [0.2, 0.25) is 0 Å². The van der Waals surface area contributed by atoms with Crippen LogP contribution in [0.15, 0.2) is 164 Å². The van der Waals surface area contributed by atoms with Crippen molar-refractivity contribution >= 4 is 27.8 Å². The Labute approximate surface area is 278 Å². The van der Waals surface area contributed by atoms with E-state index in [0.29, 0.717) is 5.82 Å². The van der Waals surface area contributed by atoms with Gasteiger partial charge in [-0.1, -0.05) is 127 Å². The molecule has 0 fully saturated rings. The lowest BCUT2D eigenvalue weighted by molar-refractivity contribution is 0.478. The minimum Gasteiger partial charge on any atom is -0.453 e. The number of hydrogen-bond acceptors (Lipinski definition) is 4. The molecule has 0 radical (unpaired) electrons. The van der Waals surface area contributed by atoms with Gasteiger partial charge in [-0.3, -0.25) is 0 Å². The van der Waals surface area contributed by atoms with Crippen LogP contribution in [0.2, 0.25) is 0 Å². The molecule has 4 nitrogen and oxygen atoms in total. The van der Waals surface area contributed by atoms with E-state index in [4.69, 9.17) is 14.7 Å². The number of ether oxygens (including phenoxy) is 1. The molecule has 2 aliphatic heterocycles. The van der Waals surface area contributed by atoms with Crippen molar-refractivity contribution in [2.24, 2.45) is 0 Å². The summed E-state index contributed by atoms with van der Waals surface area (Å²) in [5.41, 5.74) is 12.4. The molecule has 0 saturated carbocycles. The van der Waals surface area contributed by atoms with Gasteiger partial charge in [-0.25, -0.2) is 9.97 Å². The lowest BCUT2D eigenvalue weighted by Gasteiger charge is -2.34. The van der Waals surface area contributed by atoms with Crippen LogP contribution in [-0.4, -0.2) is 9.97 Å². The number of para-hydroxylation sites is 1. The first-order chi connectivity index (χ1) is 23.8. The smallest absolute Gasteiger partial charge is 0.160 e. The minimum atomic E-state index is 0.646. The van der Waals surface area contributed by atoms with E-state index in [1.807, 2.05) is 36.4 Å². The normalized spacial score (nSPS) is 12.3. The summed E-state index contributed by atoms with van der Waals surface area (Å²) < 4.78 is 6.91. The van der Waals surface area contributed by atoms with Gasteiger partial charge >= 0.3 is 0 Å². The molecule has 0 N–H and O–H groups in total. The molecule has 10 rings (SSSR count). The van der Waals surface area contributed by atoms with Crippen LogP contribution in [-0.2, 0) is 0 Å². The summed E-state index contributed by atoms with van der Waals surface area (Å²) in [6.07, 6.45) is 0. The summed E-state index contributed by atoms with van der Waals surface area (Å²) in [5.74, 6) is 2.23. The average molecular weight is 614 g/mol. The second-order valence-electron chi connectivity index (χ2n) is 12.2. The maximum atomic E-state index is 6.91. The molecule has 0 atom stereocenters. The van der Waals surface area contributed by atoms with Gasteiger partial charge in [0, 0.05) is 27.8 Å². The van der Waals surface area contributed by atoms with E-state index in [-0.39, 0.29) is 0 Å². The van der Waals surface area contributed by atoms with E-state index in [0.717, 1.165) is 73.2 Å². The zero-order chi connectivity index (χ0) is 31.6. The van der Waals surface area contributed by atoms with Crippen LogP contribution in [0.25, 0.3) is 66.9 Å². The summed E-state index contributed by atoms with van der Waals surface area (Å²) in [7, 11) is 0. The molecular weight excluding hydrogens is 587 g/mol. The Hall–Kier alpha value is -6.52. The summed E-state index contributed by atoms with van der Waals surface area (Å²) in [5, 5.41) is 2.30. The number of nitrogens with zero attached hydrogens (tertiary/aromatic N) is 3. The first-order valence-electron chi connectivity index (χ1n) is 16.2. The molecule has 1 aromatic heterocycles. The molecule has 0 bridgehead atoms. The largest absolute Gasteiger partial charge is 0.453 e. The fraction of sp³-hybridized carbons (Fsp3) is 0. The molecule has 2 aliphatic rings. The van der Waals surface area contributed by atoms with E-state index in [2.05, 4.69) is 132 Å². The van der Waals surface area contributed by atoms with Crippen molar-refractivity contribution in [3.63, 3.8) is 0 Å². The zero-order valence-corrected chi connectivity index (χ0v) is 25.8. The number of benzene rings is 7. The van der Waals surface area contributed by atoms with E-state index in [9.17, 15) is 0 Å². The third kappa shape index (κ3) is 4.16. The third-order valence-corrected chi connectivity index (χ3v) is 9.36. The average Bonchev–Trinajstić information content (AvgIpc) is 3.28. The summed E-state index contributed by atoms with van der Waals surface area (Å²) in [6, 6.07) is 57.2. The second kappa shape index (κ2) is 10.5. The van der Waals surface area contributed by atoms with Gasteiger partial charge in [0.05, 0.1) is 28.5 Å². The molecule has 8 aromatic rings. The number of fused-ring (bicyclic) bond motifs is 8. The molecule has 0 amide bonds. The highest BCUT2D eigenvalue weighted by molar-refractivity contribution is 6.08. The second-order valence-corrected chi connectivity index (χ2v) is 12.2. The molecule has 7 aromatic carbocycles. The van der Waals surface area contributed by atoms with Gasteiger partial charge < -0.3 is 9.64 Å². The van der Waals surface area contributed by atoms with Crippen molar-refractivity contribution in [3.8, 4) is 67.7 Å². The third-order valence-electron chi connectivity index (χ3n) is 9.36. The number of hydrogen-bond donors (Lipinski definition) is 0. The lowest BCUT2D eigenvalue weighted by Crippen LogP contribution is -2.17. The lowest BCUT2D eigenvalue weighted by atomic mass is 9.93. The van der Waals surface area contributed by atoms with Crippen molar-refractivity contribution in [3.05, 3.63) is 164 Å². The van der Waals surface area contributed by atoms with E-state index < -0.39 is 0 Å². The fourth-order valence-electron chi connectivity index (χ4n) is 7.14. The first-order valence-corrected chi connectivity index (χ1v) is 16.2. The Morgan fingerprint density at radius 1 is 0.396 bits per heavy atom. The van der Waals surface area contributed by atoms with Crippen LogP contribution >= 0.6 is 0 Å². The number of anilines is 3. The van der Waals surface area contributed by atoms with Gasteiger partial charge in [0.15, 0.2) is 17.3 Å². The van der Waals surface area contributed by atoms with Crippen LogP contribution in [0.5, 0.6) is 11.5 Å². The molecule has 4 heteroatoms. The standard InChI is InChI=1S/C44H27N3O/c1-3-13-28(14-4-1)37-27-38(29-15-5-2-6-16-29)46-44(45-37)32-23-36-34-20-10-9-19-33(34)35-21-11-12-22-39(35)47-40-24-30-17-7-8-18-31(30)25-41(40)48-42(26-32)43(36)47/h1-27H. The highest BCUT2D eigenvalue weighted by Gasteiger charge is 2.34. The molecule has 3 heterocycles. The Balaban J connectivity index is 1.27. The number of rotatable bonds is 3. The summed E-state index contributed by atoms with van der Waals surface area (Å²) >= 11 is 0. The first kappa shape index (κ1) is 26.7. The van der Waals surface area contributed by atoms with Crippen LogP contribution < -0.4 is 9.64 Å². The van der Waals surface area contributed by atoms with Gasteiger partial charge in [-0.2, -0.15) is 0 Å². The summed E-state index contributed by atoms with van der Waals surface area (Å²) in [6.45, 7) is 0. The zero-order valence-electron chi connectivity index (χ0n) is 25.8. The minimum absolute atomic E-state index is 0.646.